The predicted octanol–water partition coefficient (Wildman–Crippen LogP) is 3.17. The molecule has 0 fully saturated rings. The third-order valence-corrected chi connectivity index (χ3v) is 2.31. The van der Waals surface area contributed by atoms with Gasteiger partial charge in [0.25, 0.3) is 0 Å². The van der Waals surface area contributed by atoms with Crippen molar-refractivity contribution < 1.29 is 17.9 Å². The minimum Gasteiger partial charge on any atom is -0.481 e. The zero-order chi connectivity index (χ0) is 13.2. The lowest BCUT2D eigenvalue weighted by atomic mass is 10.1. The summed E-state index contributed by atoms with van der Waals surface area (Å²) in [6, 6.07) is 5.97. The van der Waals surface area contributed by atoms with Crippen LogP contribution < -0.4 is 4.74 Å². The molecule has 0 N–H and O–H groups in total. The second-order valence-electron chi connectivity index (χ2n) is 3.49. The highest BCUT2D eigenvalue weighted by atomic mass is 19.4. The average molecular weight is 254 g/mol. The highest BCUT2D eigenvalue weighted by Crippen LogP contribution is 2.36. The molecule has 0 radical (unpaired) electrons. The van der Waals surface area contributed by atoms with Crippen molar-refractivity contribution >= 4 is 0 Å². The van der Waals surface area contributed by atoms with Gasteiger partial charge in [-0.1, -0.05) is 6.07 Å². The number of aromatic nitrogens is 2. The molecule has 0 amide bonds. The zero-order valence-corrected chi connectivity index (χ0v) is 9.40. The molecule has 0 unspecified atom stereocenters. The lowest BCUT2D eigenvalue weighted by molar-refractivity contribution is -0.139. The van der Waals surface area contributed by atoms with Crippen LogP contribution in [0.15, 0.2) is 36.7 Å². The first-order valence-electron chi connectivity index (χ1n) is 5.05. The van der Waals surface area contributed by atoms with Gasteiger partial charge in [0.05, 0.1) is 12.8 Å². The van der Waals surface area contributed by atoms with Crippen LogP contribution in [0.1, 0.15) is 5.56 Å². The molecule has 0 spiro atoms. The molecular formula is C12H9F3N2O. The Morgan fingerprint density at radius 1 is 1.17 bits per heavy atom. The minimum atomic E-state index is -4.51. The highest BCUT2D eigenvalue weighted by molar-refractivity contribution is 5.60. The van der Waals surface area contributed by atoms with Gasteiger partial charge in [0, 0.05) is 18.0 Å². The highest BCUT2D eigenvalue weighted by Gasteiger charge is 2.35. The summed E-state index contributed by atoms with van der Waals surface area (Å²) in [5.74, 6) is -0.442. The van der Waals surface area contributed by atoms with Crippen molar-refractivity contribution in [1.29, 1.82) is 0 Å². The molecule has 0 aromatic carbocycles. The van der Waals surface area contributed by atoms with E-state index in [-0.39, 0.29) is 0 Å². The number of methoxy groups -OCH3 is 1. The SMILES string of the molecule is COc1ncc(-c2ccccn2)cc1C(F)(F)F. The van der Waals surface area contributed by atoms with E-state index in [9.17, 15) is 13.2 Å². The van der Waals surface area contributed by atoms with Crippen molar-refractivity contribution in [2.45, 2.75) is 6.18 Å². The van der Waals surface area contributed by atoms with E-state index in [1.165, 1.54) is 12.4 Å². The Kier molecular flexibility index (Phi) is 3.18. The van der Waals surface area contributed by atoms with Crippen molar-refractivity contribution in [3.05, 3.63) is 42.2 Å². The Labute approximate surface area is 101 Å². The zero-order valence-electron chi connectivity index (χ0n) is 9.40. The van der Waals surface area contributed by atoms with Gasteiger partial charge in [-0.2, -0.15) is 13.2 Å². The molecular weight excluding hydrogens is 245 g/mol. The van der Waals surface area contributed by atoms with Gasteiger partial charge in [-0.15, -0.1) is 0 Å². The van der Waals surface area contributed by atoms with E-state index >= 15 is 0 Å². The molecule has 2 heterocycles. The number of nitrogens with zero attached hydrogens (tertiary/aromatic N) is 2. The Balaban J connectivity index is 2.53. The smallest absolute Gasteiger partial charge is 0.421 e. The second-order valence-corrected chi connectivity index (χ2v) is 3.49. The maximum absolute atomic E-state index is 12.8. The lowest BCUT2D eigenvalue weighted by Crippen LogP contribution is -2.09. The summed E-state index contributed by atoms with van der Waals surface area (Å²) >= 11 is 0. The fraction of sp³-hybridized carbons (Fsp3) is 0.167. The summed E-state index contributed by atoms with van der Waals surface area (Å²) in [4.78, 5) is 7.64. The molecule has 0 aliphatic carbocycles. The first kappa shape index (κ1) is 12.3. The summed E-state index contributed by atoms with van der Waals surface area (Å²) in [7, 11) is 1.15. The standard InChI is InChI=1S/C12H9F3N2O/c1-18-11-9(12(13,14)15)6-8(7-17-11)10-4-2-3-5-16-10/h2-7H,1H3. The van der Waals surface area contributed by atoms with E-state index in [2.05, 4.69) is 14.7 Å². The Bertz CT molecular complexity index is 541. The summed E-state index contributed by atoms with van der Waals surface area (Å²) in [5, 5.41) is 0. The molecule has 3 nitrogen and oxygen atoms in total. The minimum absolute atomic E-state index is 0.295. The van der Waals surface area contributed by atoms with Crippen molar-refractivity contribution in [2.75, 3.05) is 7.11 Å². The number of pyridine rings is 2. The molecule has 0 atom stereocenters. The quantitative estimate of drug-likeness (QED) is 0.825. The molecule has 2 aromatic rings. The third kappa shape index (κ3) is 2.42. The molecule has 0 aliphatic heterocycles. The number of rotatable bonds is 2. The van der Waals surface area contributed by atoms with Crippen LogP contribution in [0.25, 0.3) is 11.3 Å². The second kappa shape index (κ2) is 4.64. The van der Waals surface area contributed by atoms with Gasteiger partial charge in [-0.3, -0.25) is 4.98 Å². The van der Waals surface area contributed by atoms with Crippen LogP contribution >= 0.6 is 0 Å². The van der Waals surface area contributed by atoms with Crippen LogP contribution in [-0.4, -0.2) is 17.1 Å². The summed E-state index contributed by atoms with van der Waals surface area (Å²) < 4.78 is 43.0. The van der Waals surface area contributed by atoms with Crippen molar-refractivity contribution in [2.24, 2.45) is 0 Å². The van der Waals surface area contributed by atoms with Crippen molar-refractivity contribution in [3.8, 4) is 17.1 Å². The van der Waals surface area contributed by atoms with Crippen LogP contribution in [0.4, 0.5) is 13.2 Å². The first-order chi connectivity index (χ1) is 8.52. The van der Waals surface area contributed by atoms with Gasteiger partial charge in [-0.25, -0.2) is 4.98 Å². The Morgan fingerprint density at radius 2 is 1.94 bits per heavy atom. The van der Waals surface area contributed by atoms with E-state index in [4.69, 9.17) is 0 Å². The molecule has 18 heavy (non-hydrogen) atoms. The van der Waals surface area contributed by atoms with Crippen LogP contribution in [-0.2, 0) is 6.18 Å². The predicted molar refractivity (Wildman–Crippen MR) is 59.0 cm³/mol. The van der Waals surface area contributed by atoms with Gasteiger partial charge in [0.15, 0.2) is 0 Å². The Hall–Kier alpha value is -2.11. The molecule has 0 saturated heterocycles. The maximum Gasteiger partial charge on any atom is 0.421 e. The number of halogens is 3. The maximum atomic E-state index is 12.8. The topological polar surface area (TPSA) is 35.0 Å². The van der Waals surface area contributed by atoms with Crippen LogP contribution in [0.5, 0.6) is 5.88 Å². The van der Waals surface area contributed by atoms with E-state index in [1.807, 2.05) is 0 Å². The summed E-state index contributed by atoms with van der Waals surface area (Å²) in [6.45, 7) is 0. The van der Waals surface area contributed by atoms with E-state index in [1.54, 1.807) is 18.2 Å². The largest absolute Gasteiger partial charge is 0.481 e. The molecule has 0 bridgehead atoms. The van der Waals surface area contributed by atoms with Crippen molar-refractivity contribution in [3.63, 3.8) is 0 Å². The molecule has 2 rings (SSSR count). The third-order valence-electron chi connectivity index (χ3n) is 2.31. The van der Waals surface area contributed by atoms with Crippen LogP contribution in [0.2, 0.25) is 0 Å². The number of hydrogen-bond donors (Lipinski definition) is 0. The Morgan fingerprint density at radius 3 is 2.50 bits per heavy atom. The van der Waals surface area contributed by atoms with Gasteiger partial charge in [0.2, 0.25) is 5.88 Å². The van der Waals surface area contributed by atoms with Crippen LogP contribution in [0, 0.1) is 0 Å². The normalized spacial score (nSPS) is 11.3. The van der Waals surface area contributed by atoms with E-state index in [0.29, 0.717) is 11.3 Å². The lowest BCUT2D eigenvalue weighted by Gasteiger charge is -2.12. The van der Waals surface area contributed by atoms with Gasteiger partial charge >= 0.3 is 6.18 Å². The summed E-state index contributed by atoms with van der Waals surface area (Å²) in [6.07, 6.45) is -1.70. The summed E-state index contributed by atoms with van der Waals surface area (Å²) in [5.41, 5.74) is -0.185. The van der Waals surface area contributed by atoms with Gasteiger partial charge < -0.3 is 4.74 Å². The van der Waals surface area contributed by atoms with Gasteiger partial charge in [-0.05, 0) is 18.2 Å². The van der Waals surface area contributed by atoms with Crippen molar-refractivity contribution in [1.82, 2.24) is 9.97 Å². The number of ether oxygens (including phenoxy) is 1. The number of hydrogen-bond acceptors (Lipinski definition) is 3. The van der Waals surface area contributed by atoms with Crippen LogP contribution in [0.3, 0.4) is 0 Å². The average Bonchev–Trinajstić information content (AvgIpc) is 2.38. The number of alkyl halides is 3. The first-order valence-corrected chi connectivity index (χ1v) is 5.05. The van der Waals surface area contributed by atoms with Gasteiger partial charge in [0.1, 0.15) is 5.56 Å². The molecule has 0 aliphatic rings. The fourth-order valence-electron chi connectivity index (χ4n) is 1.49. The molecule has 6 heteroatoms. The van der Waals surface area contributed by atoms with E-state index in [0.717, 1.165) is 13.2 Å². The monoisotopic (exact) mass is 254 g/mol. The van der Waals surface area contributed by atoms with E-state index < -0.39 is 17.6 Å². The molecule has 2 aromatic heterocycles. The molecule has 94 valence electrons. The molecule has 0 saturated carbocycles. The fourth-order valence-corrected chi connectivity index (χ4v) is 1.49.